The molecule has 0 aliphatic carbocycles. The van der Waals surface area contributed by atoms with Crippen LogP contribution >= 0.6 is 11.6 Å². The molecule has 0 fully saturated rings. The van der Waals surface area contributed by atoms with Gasteiger partial charge in [0.05, 0.1) is 12.8 Å². The summed E-state index contributed by atoms with van der Waals surface area (Å²) in [5.74, 6) is 1.58. The highest BCUT2D eigenvalue weighted by atomic mass is 35.5. The zero-order valence-electron chi connectivity index (χ0n) is 13.7. The molecule has 0 radical (unpaired) electrons. The molecule has 0 N–H and O–H groups in total. The number of aromatic nitrogens is 2. The molecule has 0 saturated carbocycles. The molecular weight excluding hydrogens is 312 g/mol. The van der Waals surface area contributed by atoms with Gasteiger partial charge in [0.25, 0.3) is 0 Å². The molecule has 0 amide bonds. The maximum Gasteiger partial charge on any atom is 0.185 e. The number of unbranched alkanes of at least 4 members (excludes halogenated alkanes) is 1. The molecule has 5 heteroatoms. The van der Waals surface area contributed by atoms with Gasteiger partial charge in [-0.25, -0.2) is 4.98 Å². The Hall–Kier alpha value is -2.07. The fraction of sp³-hybridized carbons (Fsp3) is 0.333. The van der Waals surface area contributed by atoms with Gasteiger partial charge in [-0.2, -0.15) is 0 Å². The molecular formula is C18H21ClN2O2. The van der Waals surface area contributed by atoms with Crippen molar-refractivity contribution in [3.05, 3.63) is 52.6 Å². The van der Waals surface area contributed by atoms with E-state index in [1.54, 1.807) is 37.5 Å². The Kier molecular flexibility index (Phi) is 5.99. The Morgan fingerprint density at radius 3 is 2.65 bits per heavy atom. The lowest BCUT2D eigenvalue weighted by Crippen LogP contribution is -2.00. The summed E-state index contributed by atoms with van der Waals surface area (Å²) < 4.78 is 7.03. The molecule has 1 aromatic heterocycles. The van der Waals surface area contributed by atoms with Crippen molar-refractivity contribution in [2.75, 3.05) is 7.11 Å². The van der Waals surface area contributed by atoms with Crippen molar-refractivity contribution in [1.29, 1.82) is 0 Å². The largest absolute Gasteiger partial charge is 0.497 e. The van der Waals surface area contributed by atoms with Crippen molar-refractivity contribution >= 4 is 23.5 Å². The number of hydrogen-bond donors (Lipinski definition) is 0. The zero-order valence-corrected chi connectivity index (χ0v) is 14.4. The van der Waals surface area contributed by atoms with Crippen LogP contribution in [0, 0.1) is 0 Å². The number of ether oxygens (including phenoxy) is 1. The molecule has 122 valence electrons. The lowest BCUT2D eigenvalue weighted by Gasteiger charge is -2.02. The van der Waals surface area contributed by atoms with Crippen LogP contribution in [0.2, 0.25) is 5.15 Å². The summed E-state index contributed by atoms with van der Waals surface area (Å²) in [6.07, 6.45) is 6.29. The average molecular weight is 333 g/mol. The van der Waals surface area contributed by atoms with E-state index in [0.717, 1.165) is 36.5 Å². The van der Waals surface area contributed by atoms with Crippen LogP contribution in [0.4, 0.5) is 0 Å². The van der Waals surface area contributed by atoms with Crippen molar-refractivity contribution < 1.29 is 9.53 Å². The van der Waals surface area contributed by atoms with E-state index >= 15 is 0 Å². The number of halogens is 1. The van der Waals surface area contributed by atoms with E-state index in [1.165, 1.54) is 6.08 Å². The van der Waals surface area contributed by atoms with Crippen LogP contribution in [0.25, 0.3) is 6.08 Å². The van der Waals surface area contributed by atoms with Gasteiger partial charge in [0.1, 0.15) is 11.6 Å². The molecule has 0 unspecified atom stereocenters. The third-order valence-electron chi connectivity index (χ3n) is 3.71. The smallest absolute Gasteiger partial charge is 0.185 e. The van der Waals surface area contributed by atoms with Gasteiger partial charge in [-0.05, 0) is 42.8 Å². The molecule has 0 atom stereocenters. The number of aryl methyl sites for hydroxylation is 1. The number of rotatable bonds is 7. The van der Waals surface area contributed by atoms with Crippen molar-refractivity contribution in [3.8, 4) is 5.75 Å². The van der Waals surface area contributed by atoms with E-state index in [-0.39, 0.29) is 5.78 Å². The number of imidazole rings is 1. The van der Waals surface area contributed by atoms with Gasteiger partial charge in [-0.3, -0.25) is 4.79 Å². The summed E-state index contributed by atoms with van der Waals surface area (Å²) in [5.41, 5.74) is 1.35. The molecule has 0 spiro atoms. The monoisotopic (exact) mass is 332 g/mol. The zero-order chi connectivity index (χ0) is 16.8. The quantitative estimate of drug-likeness (QED) is 0.560. The van der Waals surface area contributed by atoms with Crippen LogP contribution < -0.4 is 4.74 Å². The second-order valence-corrected chi connectivity index (χ2v) is 5.65. The van der Waals surface area contributed by atoms with Crippen molar-refractivity contribution in [1.82, 2.24) is 9.55 Å². The summed E-state index contributed by atoms with van der Waals surface area (Å²) >= 11 is 6.19. The van der Waals surface area contributed by atoms with Crippen molar-refractivity contribution in [2.24, 2.45) is 7.05 Å². The van der Waals surface area contributed by atoms with Gasteiger partial charge >= 0.3 is 0 Å². The molecule has 4 nitrogen and oxygen atoms in total. The van der Waals surface area contributed by atoms with Crippen molar-refractivity contribution in [2.45, 2.75) is 26.2 Å². The fourth-order valence-electron chi connectivity index (χ4n) is 2.27. The molecule has 1 aromatic carbocycles. The van der Waals surface area contributed by atoms with Gasteiger partial charge in [0, 0.05) is 19.0 Å². The van der Waals surface area contributed by atoms with Crippen LogP contribution in [0.3, 0.4) is 0 Å². The van der Waals surface area contributed by atoms with Crippen LogP contribution in [-0.2, 0) is 13.5 Å². The Morgan fingerprint density at radius 2 is 2.04 bits per heavy atom. The first kappa shape index (κ1) is 17.3. The number of carbonyl (C=O) groups is 1. The second kappa shape index (κ2) is 7.97. The summed E-state index contributed by atoms with van der Waals surface area (Å²) in [7, 11) is 3.51. The van der Waals surface area contributed by atoms with Gasteiger partial charge in [-0.1, -0.05) is 24.9 Å². The summed E-state index contributed by atoms with van der Waals surface area (Å²) in [5, 5.41) is 0.428. The number of ketones is 1. The highest BCUT2D eigenvalue weighted by Crippen LogP contribution is 2.20. The molecule has 0 saturated heterocycles. The topological polar surface area (TPSA) is 44.1 Å². The minimum atomic E-state index is -0.0833. The van der Waals surface area contributed by atoms with Crippen LogP contribution in [0.15, 0.2) is 30.3 Å². The predicted octanol–water partition coefficient (Wildman–Crippen LogP) is 4.32. The lowest BCUT2D eigenvalue weighted by atomic mass is 10.1. The third kappa shape index (κ3) is 4.23. The van der Waals surface area contributed by atoms with Gasteiger partial charge in [0.15, 0.2) is 10.9 Å². The minimum absolute atomic E-state index is 0.0833. The lowest BCUT2D eigenvalue weighted by molar-refractivity contribution is 0.104. The minimum Gasteiger partial charge on any atom is -0.497 e. The number of nitrogens with zero attached hydrogens (tertiary/aromatic N) is 2. The Morgan fingerprint density at radius 1 is 1.35 bits per heavy atom. The van der Waals surface area contributed by atoms with Crippen LogP contribution in [-0.4, -0.2) is 22.4 Å². The van der Waals surface area contributed by atoms with E-state index in [9.17, 15) is 4.79 Å². The van der Waals surface area contributed by atoms with Gasteiger partial charge < -0.3 is 9.30 Å². The summed E-state index contributed by atoms with van der Waals surface area (Å²) in [6.45, 7) is 2.14. The van der Waals surface area contributed by atoms with Crippen LogP contribution in [0.1, 0.15) is 41.6 Å². The van der Waals surface area contributed by atoms with E-state index < -0.39 is 0 Å². The summed E-state index contributed by atoms with van der Waals surface area (Å²) in [4.78, 5) is 16.6. The number of hydrogen-bond acceptors (Lipinski definition) is 3. The normalized spacial score (nSPS) is 11.1. The SMILES string of the molecule is CCCCc1nc(Cl)c(/C=C/C(=O)c2ccc(OC)cc2)n1C. The predicted molar refractivity (Wildman–Crippen MR) is 93.2 cm³/mol. The first-order valence-electron chi connectivity index (χ1n) is 7.64. The Bertz CT molecular complexity index is 703. The van der Waals surface area contributed by atoms with Crippen molar-refractivity contribution in [3.63, 3.8) is 0 Å². The Labute approximate surface area is 141 Å². The third-order valence-corrected chi connectivity index (χ3v) is 3.99. The average Bonchev–Trinajstić information content (AvgIpc) is 2.84. The molecule has 0 bridgehead atoms. The number of methoxy groups -OCH3 is 1. The second-order valence-electron chi connectivity index (χ2n) is 5.29. The summed E-state index contributed by atoms with van der Waals surface area (Å²) in [6, 6.07) is 7.01. The number of allylic oxidation sites excluding steroid dienone is 1. The highest BCUT2D eigenvalue weighted by Gasteiger charge is 2.11. The molecule has 2 aromatic rings. The number of benzene rings is 1. The molecule has 0 aliphatic rings. The van der Waals surface area contributed by atoms with Crippen LogP contribution in [0.5, 0.6) is 5.75 Å². The first-order valence-corrected chi connectivity index (χ1v) is 8.02. The molecule has 23 heavy (non-hydrogen) atoms. The fourth-order valence-corrected chi connectivity index (χ4v) is 2.56. The van der Waals surface area contributed by atoms with E-state index in [2.05, 4.69) is 11.9 Å². The van der Waals surface area contributed by atoms with Gasteiger partial charge in [0.2, 0.25) is 0 Å². The first-order chi connectivity index (χ1) is 11.1. The Balaban J connectivity index is 2.15. The van der Waals surface area contributed by atoms with E-state index in [1.807, 2.05) is 11.6 Å². The number of carbonyl (C=O) groups excluding carboxylic acids is 1. The molecule has 0 aliphatic heterocycles. The van der Waals surface area contributed by atoms with E-state index in [4.69, 9.17) is 16.3 Å². The van der Waals surface area contributed by atoms with E-state index in [0.29, 0.717) is 10.7 Å². The molecule has 1 heterocycles. The highest BCUT2D eigenvalue weighted by molar-refractivity contribution is 6.30. The maximum absolute atomic E-state index is 12.2. The maximum atomic E-state index is 12.2. The molecule has 2 rings (SSSR count). The standard InChI is InChI=1S/C18H21ClN2O2/c1-4-5-6-17-20-18(19)15(21(17)2)11-12-16(22)13-7-9-14(23-3)10-8-13/h7-12H,4-6H2,1-3H3/b12-11+. The van der Waals surface area contributed by atoms with Gasteiger partial charge in [-0.15, -0.1) is 0 Å².